The van der Waals surface area contributed by atoms with E-state index in [1.807, 2.05) is 12.1 Å². The first-order valence-electron chi connectivity index (χ1n) is 17.0. The predicted molar refractivity (Wildman–Crippen MR) is 176 cm³/mol. The normalized spacial score (nSPS) is 22.8. The molecule has 246 valence electrons. The molecular weight excluding hydrogens is 552 g/mol. The molecule has 0 aliphatic heterocycles. The molecule has 0 bridgehead atoms. The van der Waals surface area contributed by atoms with E-state index in [0.29, 0.717) is 5.92 Å². The van der Waals surface area contributed by atoms with Crippen LogP contribution < -0.4 is 0 Å². The zero-order valence-corrected chi connectivity index (χ0v) is 28.0. The number of unbranched alkanes of at least 4 members (excludes halogenated alkanes) is 2. The van der Waals surface area contributed by atoms with E-state index < -0.39 is 29.1 Å². The highest BCUT2D eigenvalue weighted by molar-refractivity contribution is 5.90. The molecule has 1 aromatic carbocycles. The van der Waals surface area contributed by atoms with Crippen molar-refractivity contribution in [1.82, 2.24) is 0 Å². The van der Waals surface area contributed by atoms with Gasteiger partial charge in [0.05, 0.1) is 28.3 Å². The molecule has 0 unspecified atom stereocenters. The standard InChI is InChI=1S/C38H58O6/c1-8-9-10-11-28-12-14-29(15-13-28)30-16-18-31(19-17-30)32-20-22-33(23-21-32)34(24-43-35(39)26(2)37(4,5)41)25-44-36(40)27(3)38(6,7)42/h20-23,28-31,34,41-42H,2-3,8-19,24-25H2,1,4-7H3. The minimum atomic E-state index is -1.40. The predicted octanol–water partition coefficient (Wildman–Crippen LogP) is 8.17. The maximum Gasteiger partial charge on any atom is 0.336 e. The van der Waals surface area contributed by atoms with Crippen LogP contribution in [-0.4, -0.2) is 46.6 Å². The van der Waals surface area contributed by atoms with E-state index in [4.69, 9.17) is 9.47 Å². The fourth-order valence-electron chi connectivity index (χ4n) is 6.86. The number of benzene rings is 1. The lowest BCUT2D eigenvalue weighted by atomic mass is 9.68. The third kappa shape index (κ3) is 10.6. The summed E-state index contributed by atoms with van der Waals surface area (Å²) in [5.74, 6) is 1.45. The van der Waals surface area contributed by atoms with Crippen LogP contribution in [0.3, 0.4) is 0 Å². The fourth-order valence-corrected chi connectivity index (χ4v) is 6.86. The van der Waals surface area contributed by atoms with Crippen LogP contribution in [0.25, 0.3) is 0 Å². The van der Waals surface area contributed by atoms with Gasteiger partial charge in [-0.05, 0) is 101 Å². The summed E-state index contributed by atoms with van der Waals surface area (Å²) >= 11 is 0. The smallest absolute Gasteiger partial charge is 0.336 e. The summed E-state index contributed by atoms with van der Waals surface area (Å²) in [6.45, 7) is 15.4. The summed E-state index contributed by atoms with van der Waals surface area (Å²) < 4.78 is 11.0. The molecule has 0 radical (unpaired) electrons. The van der Waals surface area contributed by atoms with Crippen LogP contribution in [0.15, 0.2) is 48.6 Å². The molecule has 1 aromatic rings. The van der Waals surface area contributed by atoms with E-state index in [1.165, 1.54) is 110 Å². The first kappa shape index (κ1) is 36.0. The van der Waals surface area contributed by atoms with Gasteiger partial charge in [-0.2, -0.15) is 0 Å². The van der Waals surface area contributed by atoms with Crippen molar-refractivity contribution < 1.29 is 29.3 Å². The number of hydrogen-bond donors (Lipinski definition) is 2. The lowest BCUT2D eigenvalue weighted by Crippen LogP contribution is -2.31. The van der Waals surface area contributed by atoms with Crippen molar-refractivity contribution in [1.29, 1.82) is 0 Å². The molecule has 0 saturated heterocycles. The molecule has 2 aliphatic rings. The van der Waals surface area contributed by atoms with Gasteiger partial charge in [0.1, 0.15) is 13.2 Å². The molecule has 0 atom stereocenters. The largest absolute Gasteiger partial charge is 0.461 e. The van der Waals surface area contributed by atoms with Crippen molar-refractivity contribution in [2.24, 2.45) is 17.8 Å². The van der Waals surface area contributed by atoms with Crippen molar-refractivity contribution in [2.75, 3.05) is 13.2 Å². The molecule has 3 rings (SSSR count). The number of carbonyl (C=O) groups excluding carboxylic acids is 2. The summed E-state index contributed by atoms with van der Waals surface area (Å²) in [5.41, 5.74) is -0.702. The van der Waals surface area contributed by atoms with Crippen molar-refractivity contribution in [3.8, 4) is 0 Å². The van der Waals surface area contributed by atoms with Gasteiger partial charge < -0.3 is 19.7 Å². The molecular formula is C38H58O6. The molecule has 0 heterocycles. The maximum absolute atomic E-state index is 12.5. The van der Waals surface area contributed by atoms with E-state index in [2.05, 4.69) is 32.2 Å². The minimum absolute atomic E-state index is 0.0466. The van der Waals surface area contributed by atoms with Gasteiger partial charge in [-0.3, -0.25) is 0 Å². The molecule has 2 fully saturated rings. The van der Waals surface area contributed by atoms with Gasteiger partial charge in [0.15, 0.2) is 0 Å². The van der Waals surface area contributed by atoms with Crippen LogP contribution >= 0.6 is 0 Å². The first-order chi connectivity index (χ1) is 20.7. The second-order valence-corrected chi connectivity index (χ2v) is 14.5. The quantitative estimate of drug-likeness (QED) is 0.118. The third-order valence-electron chi connectivity index (χ3n) is 10.2. The zero-order chi connectivity index (χ0) is 32.5. The molecule has 6 nitrogen and oxygen atoms in total. The molecule has 0 aromatic heterocycles. The van der Waals surface area contributed by atoms with E-state index in [9.17, 15) is 19.8 Å². The van der Waals surface area contributed by atoms with Crippen LogP contribution in [0.1, 0.15) is 135 Å². The maximum atomic E-state index is 12.5. The Bertz CT molecular complexity index is 1050. The van der Waals surface area contributed by atoms with Crippen LogP contribution in [-0.2, 0) is 19.1 Å². The lowest BCUT2D eigenvalue weighted by Gasteiger charge is -2.38. The molecule has 0 spiro atoms. The Kier molecular flexibility index (Phi) is 13.3. The molecule has 2 saturated carbocycles. The van der Waals surface area contributed by atoms with E-state index in [-0.39, 0.29) is 24.4 Å². The number of rotatable bonds is 15. The second-order valence-electron chi connectivity index (χ2n) is 14.5. The van der Waals surface area contributed by atoms with E-state index in [1.54, 1.807) is 0 Å². The first-order valence-corrected chi connectivity index (χ1v) is 17.0. The Morgan fingerprint density at radius 1 is 0.773 bits per heavy atom. The Morgan fingerprint density at radius 3 is 1.66 bits per heavy atom. The summed E-state index contributed by atoms with van der Waals surface area (Å²) in [7, 11) is 0. The highest BCUT2D eigenvalue weighted by Crippen LogP contribution is 2.44. The van der Waals surface area contributed by atoms with Gasteiger partial charge in [-0.15, -0.1) is 0 Å². The second kappa shape index (κ2) is 16.2. The van der Waals surface area contributed by atoms with Gasteiger partial charge >= 0.3 is 11.9 Å². The monoisotopic (exact) mass is 610 g/mol. The van der Waals surface area contributed by atoms with Gasteiger partial charge in [-0.1, -0.05) is 82.9 Å². The molecule has 2 N–H and O–H groups in total. The summed E-state index contributed by atoms with van der Waals surface area (Å²) in [6.07, 6.45) is 16.3. The van der Waals surface area contributed by atoms with Crippen LogP contribution in [0.5, 0.6) is 0 Å². The Labute approximate surface area is 266 Å². The third-order valence-corrected chi connectivity index (χ3v) is 10.2. The SMILES string of the molecule is C=C(C(=O)OCC(COC(=O)C(=C)C(C)(C)O)c1ccc(C2CCC(C3CCC(CCCCC)CC3)CC2)cc1)C(C)(C)O. The zero-order valence-electron chi connectivity index (χ0n) is 28.0. The van der Waals surface area contributed by atoms with Crippen molar-refractivity contribution in [2.45, 2.75) is 135 Å². The van der Waals surface area contributed by atoms with Gasteiger partial charge in [-0.25, -0.2) is 9.59 Å². The summed E-state index contributed by atoms with van der Waals surface area (Å²) in [5, 5.41) is 20.3. The van der Waals surface area contributed by atoms with Crippen LogP contribution in [0.4, 0.5) is 0 Å². The number of carbonyl (C=O) groups is 2. The Hall–Kier alpha value is -2.44. The van der Waals surface area contributed by atoms with Crippen molar-refractivity contribution in [3.05, 3.63) is 59.7 Å². The number of hydrogen-bond acceptors (Lipinski definition) is 6. The van der Waals surface area contributed by atoms with Gasteiger partial charge in [0, 0.05) is 0 Å². The van der Waals surface area contributed by atoms with E-state index in [0.717, 1.165) is 23.3 Å². The summed E-state index contributed by atoms with van der Waals surface area (Å²) in [6, 6.07) is 8.38. The topological polar surface area (TPSA) is 93.1 Å². The fraction of sp³-hybridized carbons (Fsp3) is 0.684. The number of esters is 2. The average Bonchev–Trinajstić information content (AvgIpc) is 3.00. The minimum Gasteiger partial charge on any atom is -0.461 e. The molecule has 0 amide bonds. The van der Waals surface area contributed by atoms with E-state index >= 15 is 0 Å². The van der Waals surface area contributed by atoms with Crippen LogP contribution in [0.2, 0.25) is 0 Å². The van der Waals surface area contributed by atoms with Crippen molar-refractivity contribution in [3.63, 3.8) is 0 Å². The average molecular weight is 611 g/mol. The number of aliphatic hydroxyl groups is 2. The molecule has 2 aliphatic carbocycles. The van der Waals surface area contributed by atoms with Gasteiger partial charge in [0.2, 0.25) is 0 Å². The molecule has 6 heteroatoms. The van der Waals surface area contributed by atoms with Crippen molar-refractivity contribution >= 4 is 11.9 Å². The van der Waals surface area contributed by atoms with Crippen LogP contribution in [0, 0.1) is 17.8 Å². The Balaban J connectivity index is 1.58. The lowest BCUT2D eigenvalue weighted by molar-refractivity contribution is -0.144. The number of ether oxygens (including phenoxy) is 2. The Morgan fingerprint density at radius 2 is 1.23 bits per heavy atom. The highest BCUT2D eigenvalue weighted by atomic mass is 16.5. The summed E-state index contributed by atoms with van der Waals surface area (Å²) in [4.78, 5) is 25.1. The molecule has 44 heavy (non-hydrogen) atoms. The highest BCUT2D eigenvalue weighted by Gasteiger charge is 2.32. The van der Waals surface area contributed by atoms with Gasteiger partial charge in [0.25, 0.3) is 0 Å².